The van der Waals surface area contributed by atoms with Crippen molar-refractivity contribution in [2.75, 3.05) is 51.8 Å². The maximum absolute atomic E-state index is 13.1. The molecule has 130 valence electrons. The quantitative estimate of drug-likeness (QED) is 0.795. The maximum Gasteiger partial charge on any atom is 0.324 e. The number of carbonyl (C=O) groups excluding carboxylic acids is 1. The number of hydrogen-bond acceptors (Lipinski definition) is 3. The number of likely N-dealkylation sites (tertiary alicyclic amines) is 2. The molecule has 0 bridgehead atoms. The summed E-state index contributed by atoms with van der Waals surface area (Å²) >= 11 is 0. The van der Waals surface area contributed by atoms with E-state index in [0.717, 1.165) is 69.8 Å². The van der Waals surface area contributed by atoms with E-state index in [2.05, 4.69) is 24.1 Å². The summed E-state index contributed by atoms with van der Waals surface area (Å²) in [6.07, 6.45) is 4.47. The van der Waals surface area contributed by atoms with Gasteiger partial charge in [0.05, 0.1) is 7.11 Å². The van der Waals surface area contributed by atoms with E-state index in [4.69, 9.17) is 4.74 Å². The van der Waals surface area contributed by atoms with Crippen molar-refractivity contribution in [3.05, 3.63) is 23.8 Å². The molecular weight excluding hydrogens is 302 g/mol. The molecule has 0 aliphatic carbocycles. The van der Waals surface area contributed by atoms with Gasteiger partial charge in [0, 0.05) is 30.7 Å². The van der Waals surface area contributed by atoms with E-state index in [1.807, 2.05) is 15.9 Å². The summed E-state index contributed by atoms with van der Waals surface area (Å²) in [5.74, 6) is 0.891. The minimum Gasteiger partial charge on any atom is -0.497 e. The Balaban J connectivity index is 1.70. The monoisotopic (exact) mass is 329 g/mol. The molecule has 0 unspecified atom stereocenters. The van der Waals surface area contributed by atoms with Crippen LogP contribution < -0.4 is 9.64 Å². The smallest absolute Gasteiger partial charge is 0.324 e. The molecule has 0 radical (unpaired) electrons. The highest BCUT2D eigenvalue weighted by Crippen LogP contribution is 2.48. The van der Waals surface area contributed by atoms with Crippen LogP contribution in [-0.4, -0.2) is 62.7 Å². The molecule has 5 nitrogen and oxygen atoms in total. The summed E-state index contributed by atoms with van der Waals surface area (Å²) in [5, 5.41) is 0. The second-order valence-electron chi connectivity index (χ2n) is 7.53. The third kappa shape index (κ3) is 2.46. The molecule has 3 aliphatic heterocycles. The van der Waals surface area contributed by atoms with Crippen molar-refractivity contribution >= 4 is 11.7 Å². The molecule has 2 amide bonds. The lowest BCUT2D eigenvalue weighted by atomic mass is 9.74. The maximum atomic E-state index is 13.1. The first-order chi connectivity index (χ1) is 11.6. The molecule has 1 aromatic rings. The summed E-state index contributed by atoms with van der Waals surface area (Å²) in [6.45, 7) is 4.79. The molecule has 24 heavy (non-hydrogen) atoms. The molecule has 0 saturated carbocycles. The number of hydrogen-bond donors (Lipinski definition) is 0. The van der Waals surface area contributed by atoms with Crippen molar-refractivity contribution in [3.63, 3.8) is 0 Å². The minimum atomic E-state index is 0.0891. The number of amides is 2. The Morgan fingerprint density at radius 1 is 1.12 bits per heavy atom. The predicted molar refractivity (Wildman–Crippen MR) is 95.0 cm³/mol. The van der Waals surface area contributed by atoms with Gasteiger partial charge >= 0.3 is 6.03 Å². The molecule has 3 heterocycles. The number of fused-ring (bicyclic) bond motifs is 2. The van der Waals surface area contributed by atoms with Gasteiger partial charge in [-0.3, -0.25) is 4.90 Å². The number of piperidine rings is 1. The third-order valence-electron chi connectivity index (χ3n) is 6.08. The third-order valence-corrected chi connectivity index (χ3v) is 6.08. The fourth-order valence-electron chi connectivity index (χ4n) is 4.50. The molecule has 0 N–H and O–H groups in total. The number of carbonyl (C=O) groups is 1. The van der Waals surface area contributed by atoms with Crippen LogP contribution in [0.3, 0.4) is 0 Å². The Bertz CT molecular complexity index is 631. The van der Waals surface area contributed by atoms with Gasteiger partial charge in [-0.2, -0.15) is 0 Å². The Morgan fingerprint density at radius 3 is 2.50 bits per heavy atom. The van der Waals surface area contributed by atoms with Gasteiger partial charge < -0.3 is 14.5 Å². The lowest BCUT2D eigenvalue weighted by Gasteiger charge is -2.38. The highest BCUT2D eigenvalue weighted by atomic mass is 16.5. The van der Waals surface area contributed by atoms with Crippen LogP contribution in [0.25, 0.3) is 0 Å². The van der Waals surface area contributed by atoms with E-state index < -0.39 is 0 Å². The first-order valence-electron chi connectivity index (χ1n) is 9.06. The van der Waals surface area contributed by atoms with Gasteiger partial charge in [0.1, 0.15) is 5.75 Å². The summed E-state index contributed by atoms with van der Waals surface area (Å²) in [6, 6.07) is 6.42. The van der Waals surface area contributed by atoms with Crippen LogP contribution in [0, 0.1) is 0 Å². The van der Waals surface area contributed by atoms with Crippen molar-refractivity contribution in [3.8, 4) is 5.75 Å². The summed E-state index contributed by atoms with van der Waals surface area (Å²) in [7, 11) is 3.90. The Morgan fingerprint density at radius 2 is 1.83 bits per heavy atom. The standard InChI is InChI=1S/C19H27N3O2/c1-20-11-7-19(8-12-20)14-22(18(23)21-9-3-4-10-21)17-6-5-15(24-2)13-16(17)19/h5-6,13H,3-4,7-12,14H2,1-2H3. The van der Waals surface area contributed by atoms with Gasteiger partial charge in [0.15, 0.2) is 0 Å². The highest BCUT2D eigenvalue weighted by molar-refractivity contribution is 5.95. The Labute approximate surface area is 144 Å². The van der Waals surface area contributed by atoms with Crippen molar-refractivity contribution in [1.29, 1.82) is 0 Å². The first-order valence-corrected chi connectivity index (χ1v) is 9.06. The molecule has 5 heteroatoms. The Kier molecular flexibility index (Phi) is 3.91. The number of nitrogens with zero attached hydrogens (tertiary/aromatic N) is 3. The molecule has 0 atom stereocenters. The van der Waals surface area contributed by atoms with E-state index in [1.165, 1.54) is 5.56 Å². The van der Waals surface area contributed by atoms with Crippen LogP contribution in [0.15, 0.2) is 18.2 Å². The van der Waals surface area contributed by atoms with Crippen molar-refractivity contribution in [2.45, 2.75) is 31.1 Å². The SMILES string of the molecule is COc1ccc2c(c1)C1(CCN(C)CC1)CN2C(=O)N1CCCC1. The largest absolute Gasteiger partial charge is 0.497 e. The highest BCUT2D eigenvalue weighted by Gasteiger charge is 2.47. The normalized spacial score (nSPS) is 22.9. The predicted octanol–water partition coefficient (Wildman–Crippen LogP) is 2.69. The van der Waals surface area contributed by atoms with Crippen LogP contribution in [0.2, 0.25) is 0 Å². The topological polar surface area (TPSA) is 36.0 Å². The summed E-state index contributed by atoms with van der Waals surface area (Å²) in [5.41, 5.74) is 2.49. The van der Waals surface area contributed by atoms with E-state index in [9.17, 15) is 4.79 Å². The molecule has 2 fully saturated rings. The average molecular weight is 329 g/mol. The molecule has 3 aliphatic rings. The molecule has 0 aromatic heterocycles. The lowest BCUT2D eigenvalue weighted by Crippen LogP contribution is -2.47. The number of urea groups is 1. The fourth-order valence-corrected chi connectivity index (χ4v) is 4.50. The van der Waals surface area contributed by atoms with Crippen LogP contribution in [0.1, 0.15) is 31.2 Å². The van der Waals surface area contributed by atoms with Crippen LogP contribution in [0.4, 0.5) is 10.5 Å². The summed E-state index contributed by atoms with van der Waals surface area (Å²) < 4.78 is 5.47. The average Bonchev–Trinajstić information content (AvgIpc) is 3.24. The molecule has 1 spiro atoms. The second-order valence-corrected chi connectivity index (χ2v) is 7.53. The lowest BCUT2D eigenvalue weighted by molar-refractivity contribution is 0.190. The van der Waals surface area contributed by atoms with Gasteiger partial charge in [0.25, 0.3) is 0 Å². The second kappa shape index (κ2) is 5.96. The van der Waals surface area contributed by atoms with Crippen LogP contribution in [-0.2, 0) is 5.41 Å². The van der Waals surface area contributed by atoms with Crippen molar-refractivity contribution in [1.82, 2.24) is 9.80 Å². The molecule has 2 saturated heterocycles. The zero-order valence-corrected chi connectivity index (χ0v) is 14.8. The van der Waals surface area contributed by atoms with Crippen molar-refractivity contribution in [2.24, 2.45) is 0 Å². The number of rotatable bonds is 1. The zero-order chi connectivity index (χ0) is 16.7. The van der Waals surface area contributed by atoms with Gasteiger partial charge in [-0.05, 0) is 69.6 Å². The molecule has 4 rings (SSSR count). The number of benzene rings is 1. The summed E-state index contributed by atoms with van der Waals surface area (Å²) in [4.78, 5) is 19.5. The molecule has 1 aromatic carbocycles. The van der Waals surface area contributed by atoms with E-state index >= 15 is 0 Å². The fraction of sp³-hybridized carbons (Fsp3) is 0.632. The number of ether oxygens (including phenoxy) is 1. The van der Waals surface area contributed by atoms with E-state index in [1.54, 1.807) is 7.11 Å². The van der Waals surface area contributed by atoms with Gasteiger partial charge in [0.2, 0.25) is 0 Å². The van der Waals surface area contributed by atoms with E-state index in [-0.39, 0.29) is 11.4 Å². The van der Waals surface area contributed by atoms with Crippen molar-refractivity contribution < 1.29 is 9.53 Å². The molecular formula is C19H27N3O2. The van der Waals surface area contributed by atoms with Gasteiger partial charge in [-0.1, -0.05) is 0 Å². The van der Waals surface area contributed by atoms with Crippen LogP contribution in [0.5, 0.6) is 5.75 Å². The van der Waals surface area contributed by atoms with Gasteiger partial charge in [-0.25, -0.2) is 4.79 Å². The van der Waals surface area contributed by atoms with Gasteiger partial charge in [-0.15, -0.1) is 0 Å². The van der Waals surface area contributed by atoms with Crippen LogP contribution >= 0.6 is 0 Å². The zero-order valence-electron chi connectivity index (χ0n) is 14.8. The Hall–Kier alpha value is -1.75. The number of anilines is 1. The minimum absolute atomic E-state index is 0.0891. The van der Waals surface area contributed by atoms with E-state index in [0.29, 0.717) is 0 Å². The number of methoxy groups -OCH3 is 1. The first kappa shape index (κ1) is 15.8.